The first-order valence-corrected chi connectivity index (χ1v) is 7.29. The first-order chi connectivity index (χ1) is 11.1. The topological polar surface area (TPSA) is 77.8 Å². The number of anilines is 1. The Kier molecular flexibility index (Phi) is 5.73. The quantitative estimate of drug-likeness (QED) is 0.653. The van der Waals surface area contributed by atoms with Crippen molar-refractivity contribution in [2.45, 2.75) is 13.5 Å². The van der Waals surface area contributed by atoms with Gasteiger partial charge in [0.15, 0.2) is 0 Å². The summed E-state index contributed by atoms with van der Waals surface area (Å²) >= 11 is 6.02. The molecule has 0 radical (unpaired) electrons. The number of nitriles is 1. The zero-order chi connectivity index (χ0) is 16.7. The predicted molar refractivity (Wildman–Crippen MR) is 89.6 cm³/mol. The second-order valence-electron chi connectivity index (χ2n) is 4.81. The van der Waals surface area contributed by atoms with Crippen LogP contribution in [-0.2, 0) is 11.3 Å². The SMILES string of the molecule is Cc1ccc(N/C=C(/C#N)C(=O)NCc2ccccc2Cl)nc1. The second kappa shape index (κ2) is 7.97. The maximum atomic E-state index is 12.0. The molecule has 5 nitrogen and oxygen atoms in total. The van der Waals surface area contributed by atoms with E-state index in [0.717, 1.165) is 11.1 Å². The van der Waals surface area contributed by atoms with Gasteiger partial charge in [-0.25, -0.2) is 4.98 Å². The van der Waals surface area contributed by atoms with Crippen molar-refractivity contribution in [3.8, 4) is 6.07 Å². The van der Waals surface area contributed by atoms with E-state index in [0.29, 0.717) is 10.8 Å². The van der Waals surface area contributed by atoms with Crippen molar-refractivity contribution >= 4 is 23.3 Å². The molecule has 0 atom stereocenters. The third kappa shape index (κ3) is 4.83. The highest BCUT2D eigenvalue weighted by Gasteiger charge is 2.09. The lowest BCUT2D eigenvalue weighted by atomic mass is 10.2. The number of carbonyl (C=O) groups excluding carboxylic acids is 1. The standard InChI is InChI=1S/C17H15ClN4O/c1-12-6-7-16(20-9-12)21-11-14(8-19)17(23)22-10-13-4-2-3-5-15(13)18/h2-7,9,11H,10H2,1H3,(H,20,21)(H,22,23)/b14-11-. The molecular formula is C17H15ClN4O. The first-order valence-electron chi connectivity index (χ1n) is 6.91. The minimum Gasteiger partial charge on any atom is -0.347 e. The maximum Gasteiger partial charge on any atom is 0.263 e. The van der Waals surface area contributed by atoms with Gasteiger partial charge in [-0.2, -0.15) is 5.26 Å². The molecule has 0 aliphatic rings. The van der Waals surface area contributed by atoms with E-state index in [1.807, 2.05) is 37.3 Å². The van der Waals surface area contributed by atoms with Crippen LogP contribution in [0, 0.1) is 18.3 Å². The molecule has 2 N–H and O–H groups in total. The Labute approximate surface area is 139 Å². The van der Waals surface area contributed by atoms with Crippen LogP contribution >= 0.6 is 11.6 Å². The van der Waals surface area contributed by atoms with Crippen molar-refractivity contribution in [1.82, 2.24) is 10.3 Å². The minimum absolute atomic E-state index is 0.0422. The van der Waals surface area contributed by atoms with Crippen molar-refractivity contribution in [3.63, 3.8) is 0 Å². The van der Waals surface area contributed by atoms with Gasteiger partial charge in [-0.15, -0.1) is 0 Å². The van der Waals surface area contributed by atoms with Gasteiger partial charge in [-0.3, -0.25) is 4.79 Å². The van der Waals surface area contributed by atoms with Crippen LogP contribution in [0.15, 0.2) is 54.4 Å². The van der Waals surface area contributed by atoms with E-state index in [2.05, 4.69) is 15.6 Å². The van der Waals surface area contributed by atoms with Crippen LogP contribution in [0.3, 0.4) is 0 Å². The summed E-state index contributed by atoms with van der Waals surface area (Å²) in [5, 5.41) is 15.2. The number of amides is 1. The number of aryl methyl sites for hydroxylation is 1. The zero-order valence-corrected chi connectivity index (χ0v) is 13.3. The fraction of sp³-hybridized carbons (Fsp3) is 0.118. The fourth-order valence-electron chi connectivity index (χ4n) is 1.76. The number of rotatable bonds is 5. The Morgan fingerprint density at radius 3 is 2.78 bits per heavy atom. The van der Waals surface area contributed by atoms with E-state index in [1.165, 1.54) is 6.20 Å². The average Bonchev–Trinajstić information content (AvgIpc) is 2.56. The summed E-state index contributed by atoms with van der Waals surface area (Å²) in [4.78, 5) is 16.2. The Bertz CT molecular complexity index is 763. The lowest BCUT2D eigenvalue weighted by molar-refractivity contribution is -0.117. The number of pyridine rings is 1. The maximum absolute atomic E-state index is 12.0. The van der Waals surface area contributed by atoms with Gasteiger partial charge in [0, 0.05) is 24.0 Å². The van der Waals surface area contributed by atoms with Crippen LogP contribution in [0.2, 0.25) is 5.02 Å². The molecule has 2 rings (SSSR count). The molecular weight excluding hydrogens is 312 g/mol. The number of nitrogens with zero attached hydrogens (tertiary/aromatic N) is 2. The summed E-state index contributed by atoms with van der Waals surface area (Å²) in [6.07, 6.45) is 3.03. The van der Waals surface area contributed by atoms with Crippen molar-refractivity contribution in [1.29, 1.82) is 5.26 Å². The third-order valence-electron chi connectivity index (χ3n) is 3.04. The average molecular weight is 327 g/mol. The van der Waals surface area contributed by atoms with Gasteiger partial charge in [-0.1, -0.05) is 35.9 Å². The van der Waals surface area contributed by atoms with Gasteiger partial charge in [0.2, 0.25) is 0 Å². The third-order valence-corrected chi connectivity index (χ3v) is 3.41. The zero-order valence-electron chi connectivity index (χ0n) is 12.5. The molecule has 1 heterocycles. The van der Waals surface area contributed by atoms with E-state index in [4.69, 9.17) is 16.9 Å². The van der Waals surface area contributed by atoms with Crippen molar-refractivity contribution in [2.24, 2.45) is 0 Å². The van der Waals surface area contributed by atoms with Crippen LogP contribution in [0.25, 0.3) is 0 Å². The molecule has 0 saturated heterocycles. The van der Waals surface area contributed by atoms with E-state index in [-0.39, 0.29) is 12.1 Å². The highest BCUT2D eigenvalue weighted by atomic mass is 35.5. The van der Waals surface area contributed by atoms with E-state index in [1.54, 1.807) is 18.3 Å². The van der Waals surface area contributed by atoms with Crippen LogP contribution < -0.4 is 10.6 Å². The molecule has 2 aromatic rings. The highest BCUT2D eigenvalue weighted by molar-refractivity contribution is 6.31. The molecule has 1 aromatic heterocycles. The summed E-state index contributed by atoms with van der Waals surface area (Å²) in [5.74, 6) is 0.0780. The van der Waals surface area contributed by atoms with Crippen molar-refractivity contribution in [3.05, 3.63) is 70.5 Å². The summed E-state index contributed by atoms with van der Waals surface area (Å²) in [6.45, 7) is 2.18. The molecule has 1 aromatic carbocycles. The van der Waals surface area contributed by atoms with Gasteiger partial charge in [0.25, 0.3) is 5.91 Å². The fourth-order valence-corrected chi connectivity index (χ4v) is 1.96. The Balaban J connectivity index is 1.98. The molecule has 0 aliphatic heterocycles. The number of hydrogen-bond acceptors (Lipinski definition) is 4. The lowest BCUT2D eigenvalue weighted by Crippen LogP contribution is -2.24. The number of halogens is 1. The van der Waals surface area contributed by atoms with E-state index in [9.17, 15) is 4.79 Å². The first kappa shape index (κ1) is 16.5. The number of benzene rings is 1. The van der Waals surface area contributed by atoms with Crippen molar-refractivity contribution < 1.29 is 4.79 Å². The van der Waals surface area contributed by atoms with Gasteiger partial charge in [0.05, 0.1) is 0 Å². The van der Waals surface area contributed by atoms with Gasteiger partial charge in [-0.05, 0) is 30.2 Å². The number of nitrogens with one attached hydrogen (secondary N) is 2. The van der Waals surface area contributed by atoms with Crippen LogP contribution in [-0.4, -0.2) is 10.9 Å². The largest absolute Gasteiger partial charge is 0.347 e. The Hall–Kier alpha value is -2.84. The molecule has 0 saturated carbocycles. The van der Waals surface area contributed by atoms with Crippen LogP contribution in [0.1, 0.15) is 11.1 Å². The summed E-state index contributed by atoms with van der Waals surface area (Å²) < 4.78 is 0. The molecule has 0 fully saturated rings. The van der Waals surface area contributed by atoms with Gasteiger partial charge in [0.1, 0.15) is 17.5 Å². The van der Waals surface area contributed by atoms with Crippen LogP contribution in [0.5, 0.6) is 0 Å². The molecule has 0 aliphatic carbocycles. The normalized spacial score (nSPS) is 10.7. The Morgan fingerprint density at radius 2 is 2.13 bits per heavy atom. The van der Waals surface area contributed by atoms with Gasteiger partial charge < -0.3 is 10.6 Å². The van der Waals surface area contributed by atoms with Crippen molar-refractivity contribution in [2.75, 3.05) is 5.32 Å². The summed E-state index contributed by atoms with van der Waals surface area (Å²) in [6, 6.07) is 12.7. The molecule has 0 unspecified atom stereocenters. The number of carbonyl (C=O) groups is 1. The number of hydrogen-bond donors (Lipinski definition) is 2. The molecule has 1 amide bonds. The lowest BCUT2D eigenvalue weighted by Gasteiger charge is -2.06. The summed E-state index contributed by atoms with van der Waals surface area (Å²) in [7, 11) is 0. The smallest absolute Gasteiger partial charge is 0.263 e. The molecule has 23 heavy (non-hydrogen) atoms. The monoisotopic (exact) mass is 326 g/mol. The molecule has 116 valence electrons. The number of aromatic nitrogens is 1. The molecule has 6 heteroatoms. The molecule has 0 spiro atoms. The Morgan fingerprint density at radius 1 is 1.35 bits per heavy atom. The minimum atomic E-state index is -0.480. The summed E-state index contributed by atoms with van der Waals surface area (Å²) in [5.41, 5.74) is 1.77. The second-order valence-corrected chi connectivity index (χ2v) is 5.22. The van der Waals surface area contributed by atoms with E-state index < -0.39 is 5.91 Å². The van der Waals surface area contributed by atoms with Gasteiger partial charge >= 0.3 is 0 Å². The highest BCUT2D eigenvalue weighted by Crippen LogP contribution is 2.14. The molecule has 0 bridgehead atoms. The van der Waals surface area contributed by atoms with E-state index >= 15 is 0 Å². The van der Waals surface area contributed by atoms with Crippen LogP contribution in [0.4, 0.5) is 5.82 Å². The predicted octanol–water partition coefficient (Wildman–Crippen LogP) is 3.18.